The van der Waals surface area contributed by atoms with Crippen molar-refractivity contribution in [2.75, 3.05) is 23.0 Å². The zero-order chi connectivity index (χ0) is 27.5. The van der Waals surface area contributed by atoms with Gasteiger partial charge in [-0.25, -0.2) is 0 Å². The average molecular weight is 596 g/mol. The monoisotopic (exact) mass is 595 g/mol. The molecule has 3 aromatic rings. The molecular formula is C26H31N2O6S4+. The second-order valence-corrected chi connectivity index (χ2v) is 14.3. The summed E-state index contributed by atoms with van der Waals surface area (Å²) in [5, 5.41) is 1.92. The third kappa shape index (κ3) is 7.25. The lowest BCUT2D eigenvalue weighted by molar-refractivity contribution is -0.669. The van der Waals surface area contributed by atoms with E-state index in [4.69, 9.17) is 0 Å². The zero-order valence-electron chi connectivity index (χ0n) is 21.2. The van der Waals surface area contributed by atoms with Crippen LogP contribution in [-0.2, 0) is 26.8 Å². The standard InChI is InChI=1S/C26H30N2O6S4/c1-3-8-20(26-28(14-7-16-38(32,33)34)21-9-4-5-10-23(21)36-26)18-25-27(13-6-15-37(29,30)31)22-17-19(2)11-12-24(22)35-25/h4-5,8-12,17-18H,3,6-7,13-16H2,1-2H3,(H-,29,30,31,32,33,34)/p+1/b20-8+,25-18-. The van der Waals surface area contributed by atoms with E-state index in [1.54, 1.807) is 23.1 Å². The van der Waals surface area contributed by atoms with E-state index in [0.717, 1.165) is 48.4 Å². The Kier molecular flexibility index (Phi) is 9.00. The maximum absolute atomic E-state index is 11.4. The molecule has 2 aromatic carbocycles. The van der Waals surface area contributed by atoms with E-state index in [0.29, 0.717) is 13.1 Å². The van der Waals surface area contributed by atoms with E-state index in [2.05, 4.69) is 40.7 Å². The van der Waals surface area contributed by atoms with Gasteiger partial charge in [-0.1, -0.05) is 54.3 Å². The maximum Gasteiger partial charge on any atom is 0.269 e. The highest BCUT2D eigenvalue weighted by Gasteiger charge is 2.28. The molecule has 1 aromatic heterocycles. The SMILES string of the molecule is CC/C=C(\C=C1/Sc2ccc(C)cc2N1CCCS(=O)(=O)O)c1sc2ccccc2[n+]1CCCS(=O)(=O)O. The van der Waals surface area contributed by atoms with Gasteiger partial charge >= 0.3 is 0 Å². The van der Waals surface area contributed by atoms with E-state index in [1.807, 2.05) is 37.3 Å². The molecule has 4 rings (SSSR count). The molecule has 0 saturated heterocycles. The van der Waals surface area contributed by atoms with Crippen LogP contribution in [0.1, 0.15) is 36.8 Å². The molecule has 2 heterocycles. The molecule has 2 N–H and O–H groups in total. The van der Waals surface area contributed by atoms with Crippen molar-refractivity contribution in [3.63, 3.8) is 0 Å². The van der Waals surface area contributed by atoms with E-state index in [9.17, 15) is 25.9 Å². The van der Waals surface area contributed by atoms with Crippen LogP contribution < -0.4 is 9.47 Å². The molecular weight excluding hydrogens is 565 g/mol. The summed E-state index contributed by atoms with van der Waals surface area (Å²) in [5.74, 6) is -0.631. The first-order chi connectivity index (χ1) is 17.9. The minimum Gasteiger partial charge on any atom is -0.335 e. The Morgan fingerprint density at radius 2 is 1.74 bits per heavy atom. The van der Waals surface area contributed by atoms with Crippen LogP contribution in [0.25, 0.3) is 15.8 Å². The number of aromatic nitrogens is 1. The summed E-state index contributed by atoms with van der Waals surface area (Å²) in [6.45, 7) is 4.92. The van der Waals surface area contributed by atoms with Crippen LogP contribution in [0.5, 0.6) is 0 Å². The summed E-state index contributed by atoms with van der Waals surface area (Å²) < 4.78 is 67.1. The Balaban J connectivity index is 1.75. The number of hydrogen-bond acceptors (Lipinski definition) is 7. The molecule has 0 radical (unpaired) electrons. The van der Waals surface area contributed by atoms with Gasteiger partial charge in [-0.15, -0.1) is 0 Å². The van der Waals surface area contributed by atoms with Crippen molar-refractivity contribution in [2.24, 2.45) is 0 Å². The number of anilines is 1. The number of allylic oxidation sites excluding steroid dienone is 3. The quantitative estimate of drug-likeness (QED) is 0.227. The first-order valence-corrected chi connectivity index (χ1v) is 17.1. The number of fused-ring (bicyclic) bond motifs is 2. The van der Waals surface area contributed by atoms with Gasteiger partial charge in [0.2, 0.25) is 5.52 Å². The largest absolute Gasteiger partial charge is 0.335 e. The predicted octanol–water partition coefficient (Wildman–Crippen LogP) is 5.30. The summed E-state index contributed by atoms with van der Waals surface area (Å²) in [4.78, 5) is 3.17. The normalized spacial score (nSPS) is 15.5. The van der Waals surface area contributed by atoms with Gasteiger partial charge in [-0.3, -0.25) is 9.11 Å². The number of hydrogen-bond donors (Lipinski definition) is 2. The molecule has 38 heavy (non-hydrogen) atoms. The van der Waals surface area contributed by atoms with Gasteiger partial charge in [0, 0.05) is 23.9 Å². The van der Waals surface area contributed by atoms with Crippen molar-refractivity contribution in [1.29, 1.82) is 0 Å². The summed E-state index contributed by atoms with van der Waals surface area (Å²) >= 11 is 3.23. The molecule has 0 spiro atoms. The van der Waals surface area contributed by atoms with Crippen molar-refractivity contribution >= 4 is 64.8 Å². The molecule has 8 nitrogen and oxygen atoms in total. The second kappa shape index (κ2) is 11.9. The minimum absolute atomic E-state index is 0.272. The van der Waals surface area contributed by atoms with Gasteiger partial charge in [0.25, 0.3) is 25.2 Å². The van der Waals surface area contributed by atoms with Crippen LogP contribution in [0, 0.1) is 6.92 Å². The van der Waals surface area contributed by atoms with E-state index in [1.165, 1.54) is 0 Å². The highest BCUT2D eigenvalue weighted by molar-refractivity contribution is 8.03. The summed E-state index contributed by atoms with van der Waals surface area (Å²) in [6.07, 6.45) is 5.55. The number of rotatable bonds is 11. The van der Waals surface area contributed by atoms with Gasteiger partial charge in [0.05, 0.1) is 27.8 Å². The lowest BCUT2D eigenvalue weighted by Crippen LogP contribution is -2.37. The molecule has 0 fully saturated rings. The van der Waals surface area contributed by atoms with Gasteiger partial charge in [-0.05, 0) is 49.6 Å². The number of thiazole rings is 1. The van der Waals surface area contributed by atoms with Crippen molar-refractivity contribution in [3.8, 4) is 0 Å². The van der Waals surface area contributed by atoms with E-state index in [-0.39, 0.29) is 24.3 Å². The number of benzene rings is 2. The first-order valence-electron chi connectivity index (χ1n) is 12.2. The molecule has 1 aliphatic heterocycles. The molecule has 1 aliphatic rings. The number of nitrogens with zero attached hydrogens (tertiary/aromatic N) is 2. The maximum atomic E-state index is 11.4. The molecule has 0 bridgehead atoms. The van der Waals surface area contributed by atoms with Crippen LogP contribution in [0.2, 0.25) is 0 Å². The van der Waals surface area contributed by atoms with Crippen molar-refractivity contribution < 1.29 is 30.5 Å². The third-order valence-corrected chi connectivity index (χ3v) is 9.95. The molecule has 12 heteroatoms. The summed E-state index contributed by atoms with van der Waals surface area (Å²) in [7, 11) is -8.12. The van der Waals surface area contributed by atoms with Crippen molar-refractivity contribution in [3.05, 3.63) is 70.2 Å². The fourth-order valence-electron chi connectivity index (χ4n) is 4.39. The highest BCUT2D eigenvalue weighted by Crippen LogP contribution is 2.47. The van der Waals surface area contributed by atoms with Gasteiger partial charge in [-0.2, -0.15) is 21.4 Å². The van der Waals surface area contributed by atoms with E-state index < -0.39 is 20.2 Å². The Bertz CT molecular complexity index is 1610. The minimum atomic E-state index is -4.06. The van der Waals surface area contributed by atoms with Crippen LogP contribution in [-0.4, -0.2) is 44.0 Å². The first kappa shape index (κ1) is 28.8. The van der Waals surface area contributed by atoms with Crippen molar-refractivity contribution in [1.82, 2.24) is 0 Å². The Labute approximate surface area is 232 Å². The Morgan fingerprint density at radius 1 is 1.03 bits per heavy atom. The van der Waals surface area contributed by atoms with Crippen molar-refractivity contribution in [2.45, 2.75) is 44.6 Å². The number of aryl methyl sites for hydroxylation is 2. The van der Waals surface area contributed by atoms with E-state index >= 15 is 0 Å². The summed E-state index contributed by atoms with van der Waals surface area (Å²) in [5.41, 5.74) is 4.07. The zero-order valence-corrected chi connectivity index (χ0v) is 24.5. The van der Waals surface area contributed by atoms with Crippen LogP contribution in [0.4, 0.5) is 5.69 Å². The second-order valence-electron chi connectivity index (χ2n) is 9.08. The predicted molar refractivity (Wildman–Crippen MR) is 155 cm³/mol. The fourth-order valence-corrected chi connectivity index (χ4v) is 7.70. The van der Waals surface area contributed by atoms with Crippen LogP contribution in [0.15, 0.2) is 64.5 Å². The fraction of sp³-hybridized carbons (Fsp3) is 0.346. The number of para-hydroxylation sites is 1. The molecule has 204 valence electrons. The molecule has 0 amide bonds. The smallest absolute Gasteiger partial charge is 0.269 e. The summed E-state index contributed by atoms with van der Waals surface area (Å²) in [6, 6.07) is 14.1. The molecule has 0 unspecified atom stereocenters. The lowest BCUT2D eigenvalue weighted by Gasteiger charge is -2.20. The topological polar surface area (TPSA) is 116 Å². The lowest BCUT2D eigenvalue weighted by atomic mass is 10.2. The van der Waals surface area contributed by atoms with Crippen LogP contribution >= 0.6 is 23.1 Å². The Morgan fingerprint density at radius 3 is 2.45 bits per heavy atom. The molecule has 0 atom stereocenters. The highest BCUT2D eigenvalue weighted by atomic mass is 32.2. The van der Waals surface area contributed by atoms with Gasteiger partial charge in [0.1, 0.15) is 4.70 Å². The number of thioether (sulfide) groups is 1. The van der Waals surface area contributed by atoms with Crippen LogP contribution in [0.3, 0.4) is 0 Å². The third-order valence-electron chi connectivity index (χ3n) is 6.01. The molecule has 0 aliphatic carbocycles. The van der Waals surface area contributed by atoms with Gasteiger partial charge < -0.3 is 4.90 Å². The average Bonchev–Trinajstić information content (AvgIpc) is 3.35. The Hall–Kier alpha value is -2.22. The molecule has 0 saturated carbocycles. The van der Waals surface area contributed by atoms with Gasteiger partial charge in [0.15, 0.2) is 6.54 Å².